The van der Waals surface area contributed by atoms with E-state index in [1.54, 1.807) is 0 Å². The summed E-state index contributed by atoms with van der Waals surface area (Å²) in [5, 5.41) is 7.77. The first-order valence-electron chi connectivity index (χ1n) is 5.32. The van der Waals surface area contributed by atoms with E-state index in [9.17, 15) is 0 Å². The van der Waals surface area contributed by atoms with Gasteiger partial charge < -0.3 is 5.73 Å². The molecule has 0 aliphatic rings. The molecule has 2 aromatic rings. The van der Waals surface area contributed by atoms with Crippen LogP contribution in [0, 0.1) is 0 Å². The van der Waals surface area contributed by atoms with E-state index in [0.29, 0.717) is 0 Å². The Hall–Kier alpha value is -1.36. The molecule has 2 N–H and O–H groups in total. The van der Waals surface area contributed by atoms with Gasteiger partial charge in [-0.3, -0.25) is 0 Å². The highest BCUT2D eigenvalue weighted by Crippen LogP contribution is 2.22. The van der Waals surface area contributed by atoms with Crippen LogP contribution in [0.3, 0.4) is 0 Å². The monoisotopic (exact) mass is 234 g/mol. The molecule has 0 spiro atoms. The molecule has 0 aliphatic carbocycles. The molecular weight excluding hydrogens is 220 g/mol. The largest absolute Gasteiger partial charge is 0.366 e. The third-order valence-electron chi connectivity index (χ3n) is 2.21. The van der Waals surface area contributed by atoms with Crippen molar-refractivity contribution in [2.24, 2.45) is 0 Å². The Labute approximate surface area is 98.7 Å². The molecule has 0 radical (unpaired) electrons. The summed E-state index contributed by atoms with van der Waals surface area (Å²) in [4.78, 5) is 5.32. The van der Waals surface area contributed by atoms with Gasteiger partial charge in [-0.25, -0.2) is 4.98 Å². The van der Waals surface area contributed by atoms with Crippen molar-refractivity contribution < 1.29 is 0 Å². The molecule has 0 fully saturated rings. The zero-order chi connectivity index (χ0) is 11.4. The Morgan fingerprint density at radius 2 is 2.12 bits per heavy atom. The van der Waals surface area contributed by atoms with Gasteiger partial charge in [0.2, 0.25) is 5.95 Å². The number of anilines is 1. The second-order valence-electron chi connectivity index (χ2n) is 3.52. The van der Waals surface area contributed by atoms with Crippen LogP contribution >= 0.6 is 11.8 Å². The number of aromatic nitrogens is 3. The Bertz CT molecular complexity index is 486. The molecule has 5 heteroatoms. The van der Waals surface area contributed by atoms with Crippen LogP contribution in [0.1, 0.15) is 19.8 Å². The zero-order valence-corrected chi connectivity index (χ0v) is 10.00. The van der Waals surface area contributed by atoms with Gasteiger partial charge in [0, 0.05) is 4.90 Å². The number of unbranched alkanes of at least 4 members (excludes halogenated alkanes) is 1. The molecule has 0 bridgehead atoms. The minimum Gasteiger partial charge on any atom is -0.366 e. The van der Waals surface area contributed by atoms with E-state index in [0.717, 1.165) is 16.8 Å². The van der Waals surface area contributed by atoms with Crippen molar-refractivity contribution in [2.45, 2.75) is 24.7 Å². The number of thioether (sulfide) groups is 1. The molecular formula is C11H14N4S. The maximum Gasteiger partial charge on any atom is 0.240 e. The smallest absolute Gasteiger partial charge is 0.240 e. The van der Waals surface area contributed by atoms with Crippen molar-refractivity contribution >= 4 is 28.7 Å². The number of hydrogen-bond donors (Lipinski definition) is 1. The number of nitrogens with zero attached hydrogens (tertiary/aromatic N) is 3. The van der Waals surface area contributed by atoms with E-state index in [4.69, 9.17) is 5.73 Å². The Balaban J connectivity index is 2.20. The van der Waals surface area contributed by atoms with Crippen molar-refractivity contribution in [1.82, 2.24) is 15.2 Å². The first-order chi connectivity index (χ1) is 7.79. The average Bonchev–Trinajstić information content (AvgIpc) is 2.29. The second kappa shape index (κ2) is 5.12. The first kappa shape index (κ1) is 11.1. The lowest BCUT2D eigenvalue weighted by molar-refractivity contribution is 0.896. The van der Waals surface area contributed by atoms with E-state index in [-0.39, 0.29) is 5.95 Å². The van der Waals surface area contributed by atoms with Crippen LogP contribution in [0.15, 0.2) is 23.1 Å². The van der Waals surface area contributed by atoms with Gasteiger partial charge in [-0.2, -0.15) is 0 Å². The van der Waals surface area contributed by atoms with E-state index in [2.05, 4.69) is 28.2 Å². The van der Waals surface area contributed by atoms with Gasteiger partial charge in [-0.15, -0.1) is 22.0 Å². The Morgan fingerprint density at radius 1 is 1.25 bits per heavy atom. The van der Waals surface area contributed by atoms with Gasteiger partial charge in [0.15, 0.2) is 0 Å². The van der Waals surface area contributed by atoms with Crippen molar-refractivity contribution in [3.05, 3.63) is 18.2 Å². The van der Waals surface area contributed by atoms with E-state index < -0.39 is 0 Å². The summed E-state index contributed by atoms with van der Waals surface area (Å²) in [6.07, 6.45) is 2.45. The fourth-order valence-corrected chi connectivity index (χ4v) is 2.38. The highest BCUT2D eigenvalue weighted by Gasteiger charge is 2.01. The third-order valence-corrected chi connectivity index (χ3v) is 3.29. The summed E-state index contributed by atoms with van der Waals surface area (Å²) in [6, 6.07) is 6.00. The zero-order valence-electron chi connectivity index (χ0n) is 9.18. The number of fused-ring (bicyclic) bond motifs is 1. The minimum atomic E-state index is 0.221. The second-order valence-corrected chi connectivity index (χ2v) is 4.69. The van der Waals surface area contributed by atoms with Crippen LogP contribution < -0.4 is 5.73 Å². The summed E-state index contributed by atoms with van der Waals surface area (Å²) in [7, 11) is 0. The SMILES string of the molecule is CCCCSc1ccc2nc(N)nnc2c1. The third kappa shape index (κ3) is 2.61. The summed E-state index contributed by atoms with van der Waals surface area (Å²) in [5.74, 6) is 1.36. The van der Waals surface area contributed by atoms with Crippen molar-refractivity contribution in [3.8, 4) is 0 Å². The molecule has 0 saturated carbocycles. The standard InChI is InChI=1S/C11H14N4S/c1-2-3-6-16-8-4-5-9-10(7-8)14-15-11(12)13-9/h4-5,7H,2-3,6H2,1H3,(H2,12,13,15). The fourth-order valence-electron chi connectivity index (χ4n) is 1.35. The number of nitrogen functional groups attached to an aromatic ring is 1. The van der Waals surface area contributed by atoms with Crippen molar-refractivity contribution in [2.75, 3.05) is 11.5 Å². The average molecular weight is 234 g/mol. The lowest BCUT2D eigenvalue weighted by Gasteiger charge is -2.02. The lowest BCUT2D eigenvalue weighted by Crippen LogP contribution is -1.97. The highest BCUT2D eigenvalue weighted by atomic mass is 32.2. The Kier molecular flexibility index (Phi) is 3.56. The van der Waals surface area contributed by atoms with Gasteiger partial charge in [0.25, 0.3) is 0 Å². The summed E-state index contributed by atoms with van der Waals surface area (Å²) < 4.78 is 0. The first-order valence-corrected chi connectivity index (χ1v) is 6.31. The van der Waals surface area contributed by atoms with Gasteiger partial charge in [-0.05, 0) is 30.4 Å². The number of nitrogens with two attached hydrogens (primary N) is 1. The highest BCUT2D eigenvalue weighted by molar-refractivity contribution is 7.99. The molecule has 4 nitrogen and oxygen atoms in total. The molecule has 2 rings (SSSR count). The van der Waals surface area contributed by atoms with Gasteiger partial charge in [0.05, 0.1) is 5.52 Å². The van der Waals surface area contributed by atoms with Crippen LogP contribution in [0.5, 0.6) is 0 Å². The molecule has 16 heavy (non-hydrogen) atoms. The maximum absolute atomic E-state index is 5.47. The van der Waals surface area contributed by atoms with Crippen LogP contribution in [0.2, 0.25) is 0 Å². The summed E-state index contributed by atoms with van der Waals surface area (Å²) in [5.41, 5.74) is 7.07. The maximum atomic E-state index is 5.47. The molecule has 1 heterocycles. The van der Waals surface area contributed by atoms with Gasteiger partial charge >= 0.3 is 0 Å². The van der Waals surface area contributed by atoms with Gasteiger partial charge in [-0.1, -0.05) is 13.3 Å². The predicted octanol–water partition coefficient (Wildman–Crippen LogP) is 2.50. The summed E-state index contributed by atoms with van der Waals surface area (Å²) in [6.45, 7) is 2.19. The van der Waals surface area contributed by atoms with Crippen molar-refractivity contribution in [1.29, 1.82) is 0 Å². The fraction of sp³-hybridized carbons (Fsp3) is 0.364. The number of hydrogen-bond acceptors (Lipinski definition) is 5. The number of rotatable bonds is 4. The summed E-state index contributed by atoms with van der Waals surface area (Å²) >= 11 is 1.84. The topological polar surface area (TPSA) is 64.7 Å². The molecule has 0 unspecified atom stereocenters. The quantitative estimate of drug-likeness (QED) is 0.650. The normalized spacial score (nSPS) is 10.8. The van der Waals surface area contributed by atoms with Crippen molar-refractivity contribution in [3.63, 3.8) is 0 Å². The number of benzene rings is 1. The molecule has 84 valence electrons. The van der Waals surface area contributed by atoms with Crippen LogP contribution in [0.25, 0.3) is 11.0 Å². The van der Waals surface area contributed by atoms with E-state index in [1.165, 1.54) is 17.7 Å². The molecule has 1 aromatic heterocycles. The van der Waals surface area contributed by atoms with Crippen LogP contribution in [-0.4, -0.2) is 20.9 Å². The Morgan fingerprint density at radius 3 is 2.94 bits per heavy atom. The molecule has 0 amide bonds. The van der Waals surface area contributed by atoms with E-state index >= 15 is 0 Å². The predicted molar refractivity (Wildman–Crippen MR) is 67.4 cm³/mol. The van der Waals surface area contributed by atoms with Crippen LogP contribution in [0.4, 0.5) is 5.95 Å². The van der Waals surface area contributed by atoms with Crippen LogP contribution in [-0.2, 0) is 0 Å². The molecule has 0 saturated heterocycles. The molecule has 1 aromatic carbocycles. The van der Waals surface area contributed by atoms with Gasteiger partial charge in [0.1, 0.15) is 5.52 Å². The molecule has 0 aliphatic heterocycles. The lowest BCUT2D eigenvalue weighted by atomic mass is 10.3. The van der Waals surface area contributed by atoms with E-state index in [1.807, 2.05) is 23.9 Å². The minimum absolute atomic E-state index is 0.221. The molecule has 0 atom stereocenters.